The first-order valence-corrected chi connectivity index (χ1v) is 24.3. The van der Waals surface area contributed by atoms with E-state index >= 15 is 0 Å². The molecule has 0 saturated heterocycles. The van der Waals surface area contributed by atoms with Crippen molar-refractivity contribution >= 4 is 32.8 Å². The van der Waals surface area contributed by atoms with E-state index < -0.39 is 0 Å². The number of benzene rings is 7. The third-order valence-corrected chi connectivity index (χ3v) is 13.8. The Kier molecular flexibility index (Phi) is 12.3. The number of hydrogen-bond donors (Lipinski definition) is 1. The van der Waals surface area contributed by atoms with Crippen LogP contribution in [-0.2, 0) is 42.7 Å². The van der Waals surface area contributed by atoms with Crippen molar-refractivity contribution in [2.45, 2.75) is 105 Å². The van der Waals surface area contributed by atoms with Gasteiger partial charge in [-0.3, -0.25) is 9.55 Å². The van der Waals surface area contributed by atoms with Crippen molar-refractivity contribution in [1.29, 1.82) is 0 Å². The van der Waals surface area contributed by atoms with Gasteiger partial charge in [0.2, 0.25) is 0 Å². The Morgan fingerprint density at radius 3 is 1.74 bits per heavy atom. The second-order valence-electron chi connectivity index (χ2n) is 22.9. The summed E-state index contributed by atoms with van der Waals surface area (Å²) in [6.45, 7) is 26.8. The van der Waals surface area contributed by atoms with E-state index in [9.17, 15) is 5.11 Å². The molecule has 0 radical (unpaired) electrons. The van der Waals surface area contributed by atoms with E-state index in [1.165, 1.54) is 16.5 Å². The summed E-state index contributed by atoms with van der Waals surface area (Å²) in [5, 5.41) is 14.9. The van der Waals surface area contributed by atoms with Crippen LogP contribution in [0, 0.1) is 6.07 Å². The first-order valence-electron chi connectivity index (χ1n) is 24.3. The van der Waals surface area contributed by atoms with E-state index in [1.54, 1.807) is 0 Å². The predicted octanol–water partition coefficient (Wildman–Crippen LogP) is 16.9. The number of para-hydroxylation sites is 3. The van der Waals surface area contributed by atoms with Gasteiger partial charge in [-0.1, -0.05) is 191 Å². The Hall–Kier alpha value is -6.55. The van der Waals surface area contributed by atoms with E-state index in [0.717, 1.165) is 83.5 Å². The monoisotopic (exact) mass is 1100 g/mol. The van der Waals surface area contributed by atoms with E-state index in [1.807, 2.05) is 6.20 Å². The fourth-order valence-electron chi connectivity index (χ4n) is 9.75. The maximum absolute atomic E-state index is 12.6. The number of phenols is 1. The van der Waals surface area contributed by atoms with Crippen molar-refractivity contribution < 1.29 is 26.2 Å². The third kappa shape index (κ3) is 8.72. The molecule has 0 aliphatic rings. The molecule has 10 rings (SSSR count). The molecular weight excluding hydrogens is 1040 g/mol. The first kappa shape index (κ1) is 48.5. The number of hydrogen-bond acceptors (Lipinski definition) is 3. The third-order valence-electron chi connectivity index (χ3n) is 13.8. The molecule has 3 aromatic heterocycles. The van der Waals surface area contributed by atoms with Crippen molar-refractivity contribution in [3.8, 4) is 62.0 Å². The first-order chi connectivity index (χ1) is 32.7. The van der Waals surface area contributed by atoms with Crippen LogP contribution in [-0.4, -0.2) is 24.2 Å². The molecule has 5 nitrogen and oxygen atoms in total. The molecule has 70 heavy (non-hydrogen) atoms. The Morgan fingerprint density at radius 1 is 0.471 bits per heavy atom. The zero-order valence-electron chi connectivity index (χ0n) is 42.6. The number of aromatic nitrogens is 4. The Bertz CT molecular complexity index is 3590. The minimum Gasteiger partial charge on any atom is -0.507 e. The van der Waals surface area contributed by atoms with Gasteiger partial charge >= 0.3 is 0 Å². The quantitative estimate of drug-likeness (QED) is 0.169. The maximum Gasteiger partial charge on any atom is 0.148 e. The number of imidazole rings is 1. The molecule has 0 bridgehead atoms. The van der Waals surface area contributed by atoms with Crippen LogP contribution in [0.4, 0.5) is 0 Å². The summed E-state index contributed by atoms with van der Waals surface area (Å²) in [4.78, 5) is 10.9. The molecule has 356 valence electrons. The summed E-state index contributed by atoms with van der Waals surface area (Å²) in [5.74, 6) is 0.932. The summed E-state index contributed by atoms with van der Waals surface area (Å²) in [7, 11) is 0. The summed E-state index contributed by atoms with van der Waals surface area (Å²) in [5.41, 5.74) is 16.2. The normalized spacial score (nSPS) is 12.5. The number of rotatable bonds is 6. The minimum absolute atomic E-state index is 0. The zero-order chi connectivity index (χ0) is 48.8. The van der Waals surface area contributed by atoms with Gasteiger partial charge in [0.25, 0.3) is 0 Å². The molecule has 3 heterocycles. The van der Waals surface area contributed by atoms with Gasteiger partial charge < -0.3 is 9.67 Å². The van der Waals surface area contributed by atoms with E-state index in [0.29, 0.717) is 11.4 Å². The fourth-order valence-corrected chi connectivity index (χ4v) is 9.75. The molecule has 0 saturated carbocycles. The Morgan fingerprint density at radius 2 is 1.07 bits per heavy atom. The topological polar surface area (TPSA) is 55.9 Å². The van der Waals surface area contributed by atoms with Gasteiger partial charge in [0.1, 0.15) is 11.6 Å². The number of nitrogens with zero attached hydrogens (tertiary/aromatic N) is 4. The van der Waals surface area contributed by atoms with Crippen LogP contribution in [0.1, 0.15) is 105 Å². The second kappa shape index (κ2) is 17.7. The van der Waals surface area contributed by atoms with Gasteiger partial charge in [-0.15, -0.1) is 29.3 Å². The Balaban J connectivity index is 0.00000608. The number of fused-ring (bicyclic) bond motifs is 4. The molecule has 0 aliphatic carbocycles. The molecule has 6 heteroatoms. The average molecular weight is 1100 g/mol. The SMILES string of the molecule is CC(C)(C)c1cc(-c2cc3c4ccccc4n(-c4ccccc4)c3cn2)[c-]c(-c2cccc3c2nc(-c2cc(C(C)(C)C)cc(C(C)(C)C)c2O)n3-c2ccc(C(C)(C)C)cc2-c2ccccc2)c1.[Pt]. The van der Waals surface area contributed by atoms with Crippen LogP contribution >= 0.6 is 0 Å². The van der Waals surface area contributed by atoms with Crippen LogP contribution in [0.25, 0.3) is 89.1 Å². The second-order valence-corrected chi connectivity index (χ2v) is 22.9. The van der Waals surface area contributed by atoms with Gasteiger partial charge in [0.05, 0.1) is 33.3 Å². The van der Waals surface area contributed by atoms with Crippen molar-refractivity contribution in [3.05, 3.63) is 186 Å². The van der Waals surface area contributed by atoms with Crippen molar-refractivity contribution in [1.82, 2.24) is 19.1 Å². The fraction of sp³-hybridized carbons (Fsp3) is 0.250. The van der Waals surface area contributed by atoms with Gasteiger partial charge in [-0.05, 0) is 80.8 Å². The van der Waals surface area contributed by atoms with Crippen molar-refractivity contribution in [2.24, 2.45) is 0 Å². The van der Waals surface area contributed by atoms with Gasteiger partial charge in [-0.2, -0.15) is 0 Å². The standard InChI is InChI=1S/C64H63N4O.Pt/c1-61(2,3)43-30-31-55(49(35-43)40-22-15-13-16-23-40)68-56-29-21-27-47(58(56)66-60(68)51-36-45(63(7,8)9)37-52(59(51)69)64(10,11)12)41-32-42(34-44(33-41)62(4,5)6)53-38-50-48-26-19-20-28-54(48)67(57(50)39-65-53)46-24-17-14-18-25-46;/h13-31,33-39,69H,1-12H3;/q-1;. The number of aromatic hydroxyl groups is 1. The summed E-state index contributed by atoms with van der Waals surface area (Å²) in [6.07, 6.45) is 2.02. The molecular formula is C64H63N4OPt-. The van der Waals surface area contributed by atoms with E-state index in [-0.39, 0.29) is 48.5 Å². The van der Waals surface area contributed by atoms with Crippen LogP contribution in [0.2, 0.25) is 0 Å². The molecule has 0 aliphatic heterocycles. The molecule has 0 fully saturated rings. The molecule has 7 aromatic carbocycles. The molecule has 0 unspecified atom stereocenters. The van der Waals surface area contributed by atoms with Crippen molar-refractivity contribution in [2.75, 3.05) is 0 Å². The molecule has 1 N–H and O–H groups in total. The van der Waals surface area contributed by atoms with Gasteiger partial charge in [0.15, 0.2) is 0 Å². The molecule has 10 aromatic rings. The summed E-state index contributed by atoms with van der Waals surface area (Å²) < 4.78 is 4.59. The number of phenolic OH excluding ortho intramolecular Hbond substituents is 1. The Labute approximate surface area is 428 Å². The average Bonchev–Trinajstić information content (AvgIpc) is 3.86. The smallest absolute Gasteiger partial charge is 0.148 e. The van der Waals surface area contributed by atoms with Gasteiger partial charge in [-0.25, -0.2) is 4.98 Å². The predicted molar refractivity (Wildman–Crippen MR) is 290 cm³/mol. The summed E-state index contributed by atoms with van der Waals surface area (Å²) in [6, 6.07) is 58.1. The molecule has 0 atom stereocenters. The molecule has 0 spiro atoms. The zero-order valence-corrected chi connectivity index (χ0v) is 44.8. The maximum atomic E-state index is 12.6. The van der Waals surface area contributed by atoms with Crippen molar-refractivity contribution in [3.63, 3.8) is 0 Å². The molecule has 0 amide bonds. The van der Waals surface area contributed by atoms with Crippen LogP contribution in [0.3, 0.4) is 0 Å². The minimum atomic E-state index is -0.335. The van der Waals surface area contributed by atoms with E-state index in [2.05, 4.69) is 250 Å². The number of pyridine rings is 1. The van der Waals surface area contributed by atoms with Crippen LogP contribution in [0.15, 0.2) is 158 Å². The van der Waals surface area contributed by atoms with Gasteiger partial charge in [0, 0.05) is 60.5 Å². The van der Waals surface area contributed by atoms with Crippen LogP contribution in [0.5, 0.6) is 5.75 Å². The van der Waals surface area contributed by atoms with E-state index in [4.69, 9.17) is 9.97 Å². The van der Waals surface area contributed by atoms with Crippen LogP contribution < -0.4 is 0 Å². The largest absolute Gasteiger partial charge is 0.507 e. The summed E-state index contributed by atoms with van der Waals surface area (Å²) >= 11 is 0.